The van der Waals surface area contributed by atoms with E-state index in [-0.39, 0.29) is 0 Å². The van der Waals surface area contributed by atoms with Gasteiger partial charge >= 0.3 is 0 Å². The van der Waals surface area contributed by atoms with Crippen molar-refractivity contribution in [3.8, 4) is 5.75 Å². The van der Waals surface area contributed by atoms with Crippen molar-refractivity contribution in [2.75, 3.05) is 27.2 Å². The number of aromatic nitrogens is 2. The van der Waals surface area contributed by atoms with Crippen LogP contribution in [0.15, 0.2) is 36.8 Å². The molecule has 1 aromatic heterocycles. The quantitative estimate of drug-likeness (QED) is 0.850. The molecule has 1 saturated heterocycles. The molecule has 0 spiro atoms. The van der Waals surface area contributed by atoms with Gasteiger partial charge in [-0.3, -0.25) is 0 Å². The molecule has 1 aliphatic heterocycles. The third-order valence-corrected chi connectivity index (χ3v) is 4.55. The van der Waals surface area contributed by atoms with E-state index in [1.165, 1.54) is 37.2 Å². The second kappa shape index (κ2) is 6.97. The molecule has 0 saturated carbocycles. The number of hydrogen-bond donors (Lipinski definition) is 0. The number of likely N-dealkylation sites (tertiary alicyclic amines) is 1. The van der Waals surface area contributed by atoms with Crippen LogP contribution in [-0.2, 0) is 13.0 Å². The Bertz CT molecular complexity index is 583. The second-order valence-corrected chi connectivity index (χ2v) is 6.34. The lowest BCUT2D eigenvalue weighted by Gasteiger charge is -2.28. The van der Waals surface area contributed by atoms with Crippen molar-refractivity contribution >= 4 is 0 Å². The molecule has 0 N–H and O–H groups in total. The van der Waals surface area contributed by atoms with Gasteiger partial charge < -0.3 is 14.2 Å². The van der Waals surface area contributed by atoms with Crippen LogP contribution in [0.3, 0.4) is 0 Å². The van der Waals surface area contributed by atoms with Crippen molar-refractivity contribution in [1.29, 1.82) is 0 Å². The first-order valence-electron chi connectivity index (χ1n) is 8.05. The molecule has 0 bridgehead atoms. The molecule has 2 aromatic rings. The third-order valence-electron chi connectivity index (χ3n) is 4.55. The normalized spacial score (nSPS) is 16.8. The van der Waals surface area contributed by atoms with Crippen LogP contribution in [0.1, 0.15) is 24.1 Å². The van der Waals surface area contributed by atoms with Gasteiger partial charge in [0.15, 0.2) is 0 Å². The molecule has 1 aliphatic rings. The zero-order chi connectivity index (χ0) is 15.4. The summed E-state index contributed by atoms with van der Waals surface area (Å²) in [6.07, 6.45) is 7.85. The van der Waals surface area contributed by atoms with E-state index in [0.717, 1.165) is 24.6 Å². The first-order chi connectivity index (χ1) is 10.7. The molecule has 0 radical (unpaired) electrons. The fourth-order valence-electron chi connectivity index (χ4n) is 3.10. The predicted octanol–water partition coefficient (Wildman–Crippen LogP) is 2.82. The molecular weight excluding hydrogens is 274 g/mol. The van der Waals surface area contributed by atoms with Crippen LogP contribution in [0.25, 0.3) is 0 Å². The summed E-state index contributed by atoms with van der Waals surface area (Å²) in [6, 6.07) is 8.22. The Morgan fingerprint density at radius 2 is 1.91 bits per heavy atom. The predicted molar refractivity (Wildman–Crippen MR) is 88.2 cm³/mol. The largest absolute Gasteiger partial charge is 0.497 e. The van der Waals surface area contributed by atoms with Crippen LogP contribution in [0.2, 0.25) is 0 Å². The van der Waals surface area contributed by atoms with Gasteiger partial charge in [-0.25, -0.2) is 4.98 Å². The molecule has 4 nitrogen and oxygen atoms in total. The highest BCUT2D eigenvalue weighted by molar-refractivity contribution is 5.27. The number of ether oxygens (including phenoxy) is 1. The number of piperidine rings is 1. The van der Waals surface area contributed by atoms with E-state index < -0.39 is 0 Å². The molecular formula is C18H25N3O. The van der Waals surface area contributed by atoms with Gasteiger partial charge in [-0.1, -0.05) is 12.1 Å². The molecule has 118 valence electrons. The van der Waals surface area contributed by atoms with E-state index in [2.05, 4.69) is 39.8 Å². The summed E-state index contributed by atoms with van der Waals surface area (Å²) < 4.78 is 7.37. The number of methoxy groups -OCH3 is 1. The van der Waals surface area contributed by atoms with E-state index in [9.17, 15) is 0 Å². The van der Waals surface area contributed by atoms with Crippen LogP contribution < -0.4 is 4.74 Å². The summed E-state index contributed by atoms with van der Waals surface area (Å²) in [5.41, 5.74) is 2.49. The fraction of sp³-hybridized carbons (Fsp3) is 0.500. The second-order valence-electron chi connectivity index (χ2n) is 6.34. The third kappa shape index (κ3) is 3.89. The summed E-state index contributed by atoms with van der Waals surface area (Å²) in [5.74, 6) is 1.69. The highest BCUT2D eigenvalue weighted by Gasteiger charge is 2.17. The molecule has 1 fully saturated rings. The fourth-order valence-corrected chi connectivity index (χ4v) is 3.10. The van der Waals surface area contributed by atoms with Gasteiger partial charge in [0.2, 0.25) is 0 Å². The molecule has 22 heavy (non-hydrogen) atoms. The summed E-state index contributed by atoms with van der Waals surface area (Å²) in [4.78, 5) is 7.00. The van der Waals surface area contributed by atoms with Crippen molar-refractivity contribution in [2.45, 2.75) is 25.8 Å². The van der Waals surface area contributed by atoms with Crippen molar-refractivity contribution in [2.24, 2.45) is 5.92 Å². The summed E-state index contributed by atoms with van der Waals surface area (Å²) >= 11 is 0. The van der Waals surface area contributed by atoms with Gasteiger partial charge in [0.25, 0.3) is 0 Å². The Morgan fingerprint density at radius 1 is 1.18 bits per heavy atom. The smallest absolute Gasteiger partial charge is 0.118 e. The zero-order valence-electron chi connectivity index (χ0n) is 13.5. The number of benzene rings is 1. The maximum absolute atomic E-state index is 5.19. The lowest BCUT2D eigenvalue weighted by molar-refractivity contribution is 0.218. The molecule has 3 rings (SSSR count). The molecule has 2 heterocycles. The molecule has 0 atom stereocenters. The first kappa shape index (κ1) is 15.1. The highest BCUT2D eigenvalue weighted by atomic mass is 16.5. The van der Waals surface area contributed by atoms with Crippen LogP contribution in [0.4, 0.5) is 0 Å². The molecule has 0 amide bonds. The van der Waals surface area contributed by atoms with Crippen LogP contribution in [0.5, 0.6) is 5.75 Å². The monoisotopic (exact) mass is 299 g/mol. The van der Waals surface area contributed by atoms with Gasteiger partial charge in [0, 0.05) is 12.7 Å². The van der Waals surface area contributed by atoms with Crippen LogP contribution >= 0.6 is 0 Å². The number of rotatable bonds is 5. The van der Waals surface area contributed by atoms with E-state index in [4.69, 9.17) is 4.74 Å². The SMILES string of the molecule is COc1ccc(Cn2cnc(CC3CCN(C)CC3)c2)cc1. The van der Waals surface area contributed by atoms with Crippen molar-refractivity contribution in [3.05, 3.63) is 48.0 Å². The maximum Gasteiger partial charge on any atom is 0.118 e. The molecule has 4 heteroatoms. The summed E-state index contributed by atoms with van der Waals surface area (Å²) in [6.45, 7) is 3.30. The zero-order valence-corrected chi connectivity index (χ0v) is 13.5. The van der Waals surface area contributed by atoms with Crippen molar-refractivity contribution < 1.29 is 4.74 Å². The van der Waals surface area contributed by atoms with E-state index in [1.54, 1.807) is 7.11 Å². The summed E-state index contributed by atoms with van der Waals surface area (Å²) in [7, 11) is 3.90. The van der Waals surface area contributed by atoms with Gasteiger partial charge in [-0.2, -0.15) is 0 Å². The van der Waals surface area contributed by atoms with Gasteiger partial charge in [0.05, 0.1) is 19.1 Å². The minimum Gasteiger partial charge on any atom is -0.497 e. The summed E-state index contributed by atoms with van der Waals surface area (Å²) in [5, 5.41) is 0. The molecule has 1 aromatic carbocycles. The number of hydrogen-bond acceptors (Lipinski definition) is 3. The van der Waals surface area contributed by atoms with Crippen LogP contribution in [-0.4, -0.2) is 41.7 Å². The highest BCUT2D eigenvalue weighted by Crippen LogP contribution is 2.20. The Morgan fingerprint density at radius 3 is 2.59 bits per heavy atom. The number of nitrogens with zero attached hydrogens (tertiary/aromatic N) is 3. The van der Waals surface area contributed by atoms with Crippen molar-refractivity contribution in [1.82, 2.24) is 14.5 Å². The minimum absolute atomic E-state index is 0.792. The Hall–Kier alpha value is -1.81. The van der Waals surface area contributed by atoms with E-state index in [0.29, 0.717) is 0 Å². The van der Waals surface area contributed by atoms with E-state index in [1.807, 2.05) is 18.5 Å². The average molecular weight is 299 g/mol. The molecule has 0 unspecified atom stereocenters. The Labute approximate surface area is 132 Å². The minimum atomic E-state index is 0.792. The maximum atomic E-state index is 5.19. The lowest BCUT2D eigenvalue weighted by atomic mass is 9.93. The number of imidazole rings is 1. The lowest BCUT2D eigenvalue weighted by Crippen LogP contribution is -2.30. The Kier molecular flexibility index (Phi) is 4.78. The average Bonchev–Trinajstić information content (AvgIpc) is 2.97. The topological polar surface area (TPSA) is 30.3 Å². The Balaban J connectivity index is 1.56. The van der Waals surface area contributed by atoms with Gasteiger partial charge in [-0.15, -0.1) is 0 Å². The van der Waals surface area contributed by atoms with Crippen molar-refractivity contribution in [3.63, 3.8) is 0 Å². The van der Waals surface area contributed by atoms with Gasteiger partial charge in [-0.05, 0) is 63.0 Å². The standard InChI is InChI=1S/C18H25N3O/c1-20-9-7-15(8-10-20)11-17-13-21(14-19-17)12-16-3-5-18(22-2)6-4-16/h3-6,13-15H,7-12H2,1-2H3. The van der Waals surface area contributed by atoms with Gasteiger partial charge in [0.1, 0.15) is 5.75 Å². The first-order valence-corrected chi connectivity index (χ1v) is 8.05. The molecule has 0 aliphatic carbocycles. The van der Waals surface area contributed by atoms with E-state index >= 15 is 0 Å². The van der Waals surface area contributed by atoms with Crippen LogP contribution in [0, 0.1) is 5.92 Å².